The van der Waals surface area contributed by atoms with E-state index in [-0.39, 0.29) is 5.41 Å². The third-order valence-electron chi connectivity index (χ3n) is 3.67. The average Bonchev–Trinajstić information content (AvgIpc) is 2.65. The number of nitrogens with zero attached hydrogens (tertiary/aromatic N) is 2. The summed E-state index contributed by atoms with van der Waals surface area (Å²) in [5.41, 5.74) is 2.93. The third-order valence-corrected chi connectivity index (χ3v) is 4.85. The molecule has 0 unspecified atom stereocenters. The summed E-state index contributed by atoms with van der Waals surface area (Å²) < 4.78 is 3.48. The molecule has 0 N–H and O–H groups in total. The van der Waals surface area contributed by atoms with Crippen molar-refractivity contribution in [1.29, 1.82) is 0 Å². The fraction of sp³-hybridized carbons (Fsp3) is 0.500. The molecule has 2 aromatic rings. The summed E-state index contributed by atoms with van der Waals surface area (Å²) in [6.45, 7) is 6.84. The van der Waals surface area contributed by atoms with Gasteiger partial charge in [-0.2, -0.15) is 0 Å². The number of thiazole rings is 1. The molecule has 0 radical (unpaired) electrons. The molecular weight excluding hydrogens is 228 g/mol. The first-order chi connectivity index (χ1) is 7.99. The third kappa shape index (κ3) is 2.04. The second kappa shape index (κ2) is 4.30. The Morgan fingerprint density at radius 1 is 1.35 bits per heavy atom. The molecule has 0 atom stereocenters. The molecule has 92 valence electrons. The molecule has 0 saturated carbocycles. The number of aryl methyl sites for hydroxylation is 1. The minimum atomic E-state index is 0.250. The van der Waals surface area contributed by atoms with E-state index in [0.29, 0.717) is 0 Å². The van der Waals surface area contributed by atoms with E-state index in [1.165, 1.54) is 15.8 Å². The van der Waals surface area contributed by atoms with Crippen LogP contribution in [0.5, 0.6) is 0 Å². The van der Waals surface area contributed by atoms with Crippen LogP contribution in [0.3, 0.4) is 0 Å². The first-order valence-corrected chi connectivity index (χ1v) is 6.84. The zero-order valence-corrected chi connectivity index (χ0v) is 12.1. The van der Waals surface area contributed by atoms with Crippen molar-refractivity contribution < 1.29 is 0 Å². The van der Waals surface area contributed by atoms with Crippen molar-refractivity contribution in [1.82, 2.24) is 4.57 Å². The summed E-state index contributed by atoms with van der Waals surface area (Å²) in [7, 11) is 3.92. The summed E-state index contributed by atoms with van der Waals surface area (Å²) in [4.78, 5) is 5.38. The van der Waals surface area contributed by atoms with Gasteiger partial charge in [-0.05, 0) is 29.5 Å². The van der Waals surface area contributed by atoms with E-state index in [1.54, 1.807) is 11.3 Å². The van der Waals surface area contributed by atoms with Crippen LogP contribution in [0.1, 0.15) is 32.8 Å². The minimum Gasteiger partial charge on any atom is -0.320 e. The predicted octanol–water partition coefficient (Wildman–Crippen LogP) is 3.46. The molecular formula is C14H20N2S. The van der Waals surface area contributed by atoms with Crippen molar-refractivity contribution in [3.8, 4) is 0 Å². The lowest BCUT2D eigenvalue weighted by molar-refractivity contribution is 0.507. The summed E-state index contributed by atoms with van der Waals surface area (Å²) in [6, 6.07) is 6.78. The van der Waals surface area contributed by atoms with Gasteiger partial charge in [-0.1, -0.05) is 38.2 Å². The maximum atomic E-state index is 4.30. The van der Waals surface area contributed by atoms with Crippen LogP contribution in [0.15, 0.2) is 23.2 Å². The van der Waals surface area contributed by atoms with Gasteiger partial charge in [0.05, 0.1) is 10.2 Å². The minimum absolute atomic E-state index is 0.250. The van der Waals surface area contributed by atoms with E-state index in [9.17, 15) is 0 Å². The SMILES string of the molecule is CCC(C)(C)c1ccc2c(c1)sc(=NC)n2C. The fourth-order valence-corrected chi connectivity index (χ4v) is 2.98. The van der Waals surface area contributed by atoms with Gasteiger partial charge in [0.1, 0.15) is 0 Å². The van der Waals surface area contributed by atoms with Crippen LogP contribution < -0.4 is 4.80 Å². The Hall–Kier alpha value is -1.09. The van der Waals surface area contributed by atoms with E-state index < -0.39 is 0 Å². The van der Waals surface area contributed by atoms with Crippen molar-refractivity contribution in [2.75, 3.05) is 7.05 Å². The predicted molar refractivity (Wildman–Crippen MR) is 75.6 cm³/mol. The van der Waals surface area contributed by atoms with Crippen molar-refractivity contribution in [2.45, 2.75) is 32.6 Å². The first kappa shape index (κ1) is 12.4. The molecule has 2 rings (SSSR count). The number of rotatable bonds is 2. The van der Waals surface area contributed by atoms with Crippen LogP contribution in [-0.4, -0.2) is 11.6 Å². The molecule has 0 aliphatic carbocycles. The van der Waals surface area contributed by atoms with Gasteiger partial charge in [0.15, 0.2) is 4.80 Å². The molecule has 0 aliphatic rings. The molecule has 3 heteroatoms. The molecule has 0 bridgehead atoms. The lowest BCUT2D eigenvalue weighted by Gasteiger charge is -2.23. The Morgan fingerprint density at radius 3 is 2.65 bits per heavy atom. The standard InChI is InChI=1S/C14H20N2S/c1-6-14(2,3)10-7-8-11-12(9-10)17-13(15-4)16(11)5/h7-9H,6H2,1-5H3. The maximum Gasteiger partial charge on any atom is 0.185 e. The van der Waals surface area contributed by atoms with Gasteiger partial charge in [-0.3, -0.25) is 4.99 Å². The van der Waals surface area contributed by atoms with E-state index in [4.69, 9.17) is 0 Å². The zero-order chi connectivity index (χ0) is 12.6. The molecule has 0 fully saturated rings. The molecule has 0 amide bonds. The van der Waals surface area contributed by atoms with Crippen molar-refractivity contribution in [3.63, 3.8) is 0 Å². The van der Waals surface area contributed by atoms with E-state index >= 15 is 0 Å². The van der Waals surface area contributed by atoms with Gasteiger partial charge >= 0.3 is 0 Å². The van der Waals surface area contributed by atoms with Crippen molar-refractivity contribution in [2.24, 2.45) is 12.0 Å². The molecule has 1 aromatic heterocycles. The fourth-order valence-electron chi connectivity index (χ4n) is 1.96. The van der Waals surface area contributed by atoms with Gasteiger partial charge in [-0.25, -0.2) is 0 Å². The Bertz CT molecular complexity index is 602. The average molecular weight is 248 g/mol. The highest BCUT2D eigenvalue weighted by atomic mass is 32.1. The van der Waals surface area contributed by atoms with Crippen LogP contribution >= 0.6 is 11.3 Å². The highest BCUT2D eigenvalue weighted by molar-refractivity contribution is 7.16. The topological polar surface area (TPSA) is 17.3 Å². The van der Waals surface area contributed by atoms with Gasteiger partial charge in [-0.15, -0.1) is 0 Å². The van der Waals surface area contributed by atoms with Gasteiger partial charge in [0.25, 0.3) is 0 Å². The van der Waals surface area contributed by atoms with Crippen molar-refractivity contribution in [3.05, 3.63) is 28.6 Å². The molecule has 1 heterocycles. The maximum absolute atomic E-state index is 4.30. The number of hydrogen-bond donors (Lipinski definition) is 0. The van der Waals surface area contributed by atoms with Gasteiger partial charge in [0.2, 0.25) is 0 Å². The summed E-state index contributed by atoms with van der Waals surface area (Å²) in [6.07, 6.45) is 1.15. The lowest BCUT2D eigenvalue weighted by Crippen LogP contribution is -2.15. The smallest absolute Gasteiger partial charge is 0.185 e. The Kier molecular flexibility index (Phi) is 3.13. The molecule has 0 saturated heterocycles. The lowest BCUT2D eigenvalue weighted by atomic mass is 9.82. The second-order valence-electron chi connectivity index (χ2n) is 5.09. The molecule has 0 spiro atoms. The second-order valence-corrected chi connectivity index (χ2v) is 6.10. The summed E-state index contributed by atoms with van der Waals surface area (Å²) in [5, 5.41) is 0. The summed E-state index contributed by atoms with van der Waals surface area (Å²) >= 11 is 1.76. The summed E-state index contributed by atoms with van der Waals surface area (Å²) in [5.74, 6) is 0. The van der Waals surface area contributed by atoms with Gasteiger partial charge < -0.3 is 4.57 Å². The van der Waals surface area contributed by atoms with Crippen LogP contribution in [-0.2, 0) is 12.5 Å². The Balaban J connectivity index is 2.67. The number of aromatic nitrogens is 1. The highest BCUT2D eigenvalue weighted by Gasteiger charge is 2.18. The normalized spacial score (nSPS) is 13.6. The number of fused-ring (bicyclic) bond motifs is 1. The van der Waals surface area contributed by atoms with Crippen LogP contribution in [0.25, 0.3) is 10.2 Å². The van der Waals surface area contributed by atoms with Crippen molar-refractivity contribution >= 4 is 21.6 Å². The zero-order valence-electron chi connectivity index (χ0n) is 11.2. The van der Waals surface area contributed by atoms with Crippen LogP contribution in [0.4, 0.5) is 0 Å². The quantitative estimate of drug-likeness (QED) is 0.774. The Morgan fingerprint density at radius 2 is 2.06 bits per heavy atom. The highest BCUT2D eigenvalue weighted by Crippen LogP contribution is 2.30. The van der Waals surface area contributed by atoms with E-state index in [2.05, 4.69) is 55.6 Å². The largest absolute Gasteiger partial charge is 0.320 e. The number of hydrogen-bond acceptors (Lipinski definition) is 2. The van der Waals surface area contributed by atoms with E-state index in [0.717, 1.165) is 11.2 Å². The molecule has 0 aliphatic heterocycles. The van der Waals surface area contributed by atoms with Gasteiger partial charge in [0, 0.05) is 14.1 Å². The Labute approximate surface area is 107 Å². The number of benzene rings is 1. The molecule has 2 nitrogen and oxygen atoms in total. The van der Waals surface area contributed by atoms with E-state index in [1.807, 2.05) is 7.05 Å². The molecule has 1 aromatic carbocycles. The van der Waals surface area contributed by atoms with Crippen LogP contribution in [0, 0.1) is 0 Å². The first-order valence-electron chi connectivity index (χ1n) is 6.02. The monoisotopic (exact) mass is 248 g/mol. The van der Waals surface area contributed by atoms with Crippen LogP contribution in [0.2, 0.25) is 0 Å². The molecule has 17 heavy (non-hydrogen) atoms.